The van der Waals surface area contributed by atoms with Gasteiger partial charge in [0.15, 0.2) is 9.84 Å². The lowest BCUT2D eigenvalue weighted by atomic mass is 10.0. The van der Waals surface area contributed by atoms with Gasteiger partial charge in [-0.25, -0.2) is 8.42 Å². The van der Waals surface area contributed by atoms with E-state index in [4.69, 9.17) is 0 Å². The number of hydrogen-bond acceptors (Lipinski definition) is 2. The van der Waals surface area contributed by atoms with Crippen molar-refractivity contribution in [3.63, 3.8) is 0 Å². The average molecular weight is 223 g/mol. The Morgan fingerprint density at radius 2 is 1.80 bits per heavy atom. The average Bonchev–Trinajstić information content (AvgIpc) is 2.31. The Morgan fingerprint density at radius 1 is 1.07 bits per heavy atom. The van der Waals surface area contributed by atoms with Gasteiger partial charge in [0.05, 0.1) is 10.1 Å². The van der Waals surface area contributed by atoms with Crippen LogP contribution in [0.1, 0.15) is 25.7 Å². The van der Waals surface area contributed by atoms with Crippen LogP contribution in [-0.4, -0.2) is 13.7 Å². The van der Waals surface area contributed by atoms with Gasteiger partial charge in [-0.1, -0.05) is 31.0 Å². The maximum atomic E-state index is 12.2. The Morgan fingerprint density at radius 3 is 2.40 bits per heavy atom. The highest BCUT2D eigenvalue weighted by molar-refractivity contribution is 7.92. The summed E-state index contributed by atoms with van der Waals surface area (Å²) in [7, 11) is -3.12. The van der Waals surface area contributed by atoms with Crippen molar-refractivity contribution in [3.8, 4) is 0 Å². The van der Waals surface area contributed by atoms with Crippen molar-refractivity contribution in [2.24, 2.45) is 0 Å². The summed E-state index contributed by atoms with van der Waals surface area (Å²) in [5, 5.41) is -0.270. The third-order valence-corrected chi connectivity index (χ3v) is 5.00. The van der Waals surface area contributed by atoms with Crippen molar-refractivity contribution < 1.29 is 8.42 Å². The molecule has 0 saturated heterocycles. The molecule has 0 amide bonds. The van der Waals surface area contributed by atoms with Gasteiger partial charge in [-0.15, -0.1) is 0 Å². The van der Waals surface area contributed by atoms with E-state index in [1.54, 1.807) is 24.3 Å². The molecule has 81 valence electrons. The van der Waals surface area contributed by atoms with E-state index in [1.807, 2.05) is 12.5 Å². The van der Waals surface area contributed by atoms with Gasteiger partial charge in [0.1, 0.15) is 0 Å². The van der Waals surface area contributed by atoms with Gasteiger partial charge in [0, 0.05) is 0 Å². The molecule has 0 spiro atoms. The van der Waals surface area contributed by atoms with Crippen molar-refractivity contribution >= 4 is 9.84 Å². The zero-order valence-electron chi connectivity index (χ0n) is 8.59. The molecule has 1 radical (unpaired) electrons. The monoisotopic (exact) mass is 223 g/mol. The van der Waals surface area contributed by atoms with Crippen LogP contribution in [0.5, 0.6) is 0 Å². The molecule has 1 fully saturated rings. The van der Waals surface area contributed by atoms with Crippen LogP contribution in [0.15, 0.2) is 35.2 Å². The fourth-order valence-electron chi connectivity index (χ4n) is 1.98. The van der Waals surface area contributed by atoms with Gasteiger partial charge in [-0.05, 0) is 31.4 Å². The lowest BCUT2D eigenvalue weighted by Crippen LogP contribution is -2.24. The molecule has 2 rings (SSSR count). The molecule has 0 aliphatic heterocycles. The second-order valence-electron chi connectivity index (χ2n) is 3.92. The van der Waals surface area contributed by atoms with Gasteiger partial charge in [0.2, 0.25) is 0 Å². The third kappa shape index (κ3) is 2.23. The summed E-state index contributed by atoms with van der Waals surface area (Å²) in [4.78, 5) is 0.452. The van der Waals surface area contributed by atoms with Crippen molar-refractivity contribution in [1.29, 1.82) is 0 Å². The Labute approximate surface area is 91.2 Å². The second kappa shape index (κ2) is 4.35. The lowest BCUT2D eigenvalue weighted by Gasteiger charge is -2.21. The molecule has 1 atom stereocenters. The molecule has 15 heavy (non-hydrogen) atoms. The summed E-state index contributed by atoms with van der Waals surface area (Å²) >= 11 is 0. The topological polar surface area (TPSA) is 34.1 Å². The zero-order valence-corrected chi connectivity index (χ0v) is 9.41. The number of hydrogen-bond donors (Lipinski definition) is 0. The van der Waals surface area contributed by atoms with E-state index < -0.39 is 9.84 Å². The van der Waals surface area contributed by atoms with Crippen molar-refractivity contribution in [1.82, 2.24) is 0 Å². The minimum absolute atomic E-state index is 0.270. The summed E-state index contributed by atoms with van der Waals surface area (Å²) in [6.45, 7) is 0. The van der Waals surface area contributed by atoms with Crippen molar-refractivity contribution in [2.45, 2.75) is 35.8 Å². The van der Waals surface area contributed by atoms with E-state index in [0.717, 1.165) is 25.7 Å². The highest BCUT2D eigenvalue weighted by Gasteiger charge is 2.28. The smallest absolute Gasteiger partial charge is 0.181 e. The first kappa shape index (κ1) is 10.7. The van der Waals surface area contributed by atoms with Crippen LogP contribution in [0.3, 0.4) is 0 Å². The van der Waals surface area contributed by atoms with E-state index in [9.17, 15) is 8.42 Å². The Balaban J connectivity index is 2.26. The summed E-state index contributed by atoms with van der Waals surface area (Å²) in [5.41, 5.74) is 0. The van der Waals surface area contributed by atoms with Crippen LogP contribution in [-0.2, 0) is 9.84 Å². The molecule has 2 nitrogen and oxygen atoms in total. The second-order valence-corrected chi connectivity index (χ2v) is 6.08. The number of sulfone groups is 1. The Bertz CT molecular complexity index is 403. The lowest BCUT2D eigenvalue weighted by molar-refractivity contribution is 0.543. The minimum atomic E-state index is -3.12. The number of rotatable bonds is 2. The van der Waals surface area contributed by atoms with Crippen LogP contribution >= 0.6 is 0 Å². The quantitative estimate of drug-likeness (QED) is 0.772. The minimum Gasteiger partial charge on any atom is -0.223 e. The molecule has 3 heteroatoms. The highest BCUT2D eigenvalue weighted by Crippen LogP contribution is 2.27. The van der Waals surface area contributed by atoms with E-state index in [0.29, 0.717) is 4.90 Å². The molecule has 1 aliphatic carbocycles. The van der Waals surface area contributed by atoms with Gasteiger partial charge in [-0.3, -0.25) is 0 Å². The van der Waals surface area contributed by atoms with Crippen molar-refractivity contribution in [2.75, 3.05) is 0 Å². The standard InChI is InChI=1S/C12H15O2S/c13-15(14,11-7-3-1-4-8-11)12-9-5-2-6-10-12/h1,3-4,7-9,12H,2,5-6,10H2. The van der Waals surface area contributed by atoms with Crippen LogP contribution in [0.2, 0.25) is 0 Å². The molecular formula is C12H15O2S. The van der Waals surface area contributed by atoms with Gasteiger partial charge >= 0.3 is 0 Å². The zero-order chi connectivity index (χ0) is 10.7. The molecular weight excluding hydrogens is 208 g/mol. The first-order valence-electron chi connectivity index (χ1n) is 5.33. The fourth-order valence-corrected chi connectivity index (χ4v) is 3.73. The molecule has 1 aromatic carbocycles. The molecule has 0 bridgehead atoms. The van der Waals surface area contributed by atoms with Gasteiger partial charge in [-0.2, -0.15) is 0 Å². The van der Waals surface area contributed by atoms with Crippen LogP contribution < -0.4 is 0 Å². The van der Waals surface area contributed by atoms with Crippen LogP contribution in [0, 0.1) is 6.42 Å². The summed E-state index contributed by atoms with van der Waals surface area (Å²) in [6, 6.07) is 8.74. The molecule has 0 heterocycles. The first-order chi connectivity index (χ1) is 7.21. The summed E-state index contributed by atoms with van der Waals surface area (Å²) < 4.78 is 24.3. The normalized spacial score (nSPS) is 18.9. The van der Waals surface area contributed by atoms with Gasteiger partial charge < -0.3 is 0 Å². The highest BCUT2D eigenvalue weighted by atomic mass is 32.2. The third-order valence-electron chi connectivity index (χ3n) is 2.84. The maximum absolute atomic E-state index is 12.2. The van der Waals surface area contributed by atoms with Gasteiger partial charge in [0.25, 0.3) is 0 Å². The first-order valence-corrected chi connectivity index (χ1v) is 6.88. The fraction of sp³-hybridized carbons (Fsp3) is 0.417. The van der Waals surface area contributed by atoms with E-state index in [2.05, 4.69) is 0 Å². The van der Waals surface area contributed by atoms with Crippen LogP contribution in [0.25, 0.3) is 0 Å². The maximum Gasteiger partial charge on any atom is 0.181 e. The van der Waals surface area contributed by atoms with Crippen LogP contribution in [0.4, 0.5) is 0 Å². The molecule has 1 saturated carbocycles. The largest absolute Gasteiger partial charge is 0.223 e. The molecule has 1 aromatic rings. The predicted octanol–water partition coefficient (Wildman–Crippen LogP) is 2.61. The predicted molar refractivity (Wildman–Crippen MR) is 60.2 cm³/mol. The van der Waals surface area contributed by atoms with E-state index in [-0.39, 0.29) is 5.25 Å². The number of benzene rings is 1. The van der Waals surface area contributed by atoms with E-state index >= 15 is 0 Å². The van der Waals surface area contributed by atoms with E-state index in [1.165, 1.54) is 0 Å². The summed E-state index contributed by atoms with van der Waals surface area (Å²) in [5.74, 6) is 0. The molecule has 0 aromatic heterocycles. The Hall–Kier alpha value is -0.830. The summed E-state index contributed by atoms with van der Waals surface area (Å²) in [6.07, 6.45) is 5.80. The SMILES string of the molecule is O=S(=O)(c1ccccc1)C1[CH]CCCC1. The van der Waals surface area contributed by atoms with Crippen molar-refractivity contribution in [3.05, 3.63) is 36.8 Å². The molecule has 0 N–H and O–H groups in total. The Kier molecular flexibility index (Phi) is 3.10. The molecule has 1 unspecified atom stereocenters. The molecule has 1 aliphatic rings.